The van der Waals surface area contributed by atoms with E-state index in [0.29, 0.717) is 25.1 Å². The van der Waals surface area contributed by atoms with Gasteiger partial charge in [0, 0.05) is 23.9 Å². The zero-order valence-corrected chi connectivity index (χ0v) is 15.8. The molecule has 1 atom stereocenters. The third kappa shape index (κ3) is 5.37. The molecule has 0 saturated carbocycles. The van der Waals surface area contributed by atoms with Gasteiger partial charge >= 0.3 is 0 Å². The van der Waals surface area contributed by atoms with Crippen LogP contribution in [-0.4, -0.2) is 23.5 Å². The first-order valence-corrected chi connectivity index (χ1v) is 9.73. The van der Waals surface area contributed by atoms with Gasteiger partial charge in [0.1, 0.15) is 16.6 Å². The zero-order valence-electron chi connectivity index (χ0n) is 15.0. The Kier molecular flexibility index (Phi) is 6.54. The van der Waals surface area contributed by atoms with Crippen molar-refractivity contribution in [1.29, 1.82) is 0 Å². The molecule has 0 aliphatic rings. The van der Waals surface area contributed by atoms with Gasteiger partial charge in [-0.1, -0.05) is 37.3 Å². The maximum Gasteiger partial charge on any atom is 0.261 e. The predicted molar refractivity (Wildman–Crippen MR) is 105 cm³/mol. The fourth-order valence-corrected chi connectivity index (χ4v) is 3.42. The first-order valence-electron chi connectivity index (χ1n) is 8.85. The van der Waals surface area contributed by atoms with Gasteiger partial charge in [-0.2, -0.15) is 0 Å². The summed E-state index contributed by atoms with van der Waals surface area (Å²) in [7, 11) is 0. The number of benzene rings is 2. The lowest BCUT2D eigenvalue weighted by Gasteiger charge is -2.17. The van der Waals surface area contributed by atoms with Crippen molar-refractivity contribution in [2.24, 2.45) is 0 Å². The van der Waals surface area contributed by atoms with Crippen molar-refractivity contribution in [3.8, 4) is 16.3 Å². The second kappa shape index (κ2) is 9.28. The molecular weight excluding hydrogens is 363 g/mol. The number of hydrogen-bond acceptors (Lipinski definition) is 4. The van der Waals surface area contributed by atoms with Gasteiger partial charge in [0.15, 0.2) is 6.10 Å². The Hall–Kier alpha value is -2.73. The molecule has 1 N–H and O–H groups in total. The number of amides is 1. The van der Waals surface area contributed by atoms with E-state index in [1.165, 1.54) is 24.3 Å². The van der Waals surface area contributed by atoms with Crippen molar-refractivity contribution < 1.29 is 13.9 Å². The minimum absolute atomic E-state index is 0.180. The number of thiazole rings is 1. The molecule has 0 bridgehead atoms. The van der Waals surface area contributed by atoms with Crippen LogP contribution < -0.4 is 10.1 Å². The van der Waals surface area contributed by atoms with Crippen molar-refractivity contribution in [2.45, 2.75) is 25.9 Å². The number of carbonyl (C=O) groups is 1. The molecule has 0 saturated heterocycles. The van der Waals surface area contributed by atoms with Crippen LogP contribution in [-0.2, 0) is 11.2 Å². The van der Waals surface area contributed by atoms with Crippen LogP contribution in [0.5, 0.6) is 5.75 Å². The maximum absolute atomic E-state index is 13.0. The molecule has 0 aliphatic heterocycles. The standard InChI is InChI=1S/C21H21FN2O2S/c1-2-19(26-18-10-8-16(22)9-11-18)20(25)23-13-12-17-14-27-21(24-17)15-6-4-3-5-7-15/h3-11,14,19H,2,12-13H2,1H3,(H,23,25)/t19-/m0/s1. The number of aromatic nitrogens is 1. The Morgan fingerprint density at radius 1 is 1.19 bits per heavy atom. The monoisotopic (exact) mass is 384 g/mol. The minimum Gasteiger partial charge on any atom is -0.481 e. The van der Waals surface area contributed by atoms with Crippen molar-refractivity contribution in [2.75, 3.05) is 6.54 Å². The number of hydrogen-bond donors (Lipinski definition) is 1. The summed E-state index contributed by atoms with van der Waals surface area (Å²) in [5.74, 6) is -0.0382. The van der Waals surface area contributed by atoms with Gasteiger partial charge in [0.25, 0.3) is 5.91 Å². The summed E-state index contributed by atoms with van der Waals surface area (Å²) in [4.78, 5) is 17.0. The molecule has 0 radical (unpaired) electrons. The van der Waals surface area contributed by atoms with Gasteiger partial charge in [-0.3, -0.25) is 4.79 Å². The second-order valence-corrected chi connectivity index (χ2v) is 6.88. The molecule has 0 spiro atoms. The molecule has 27 heavy (non-hydrogen) atoms. The van der Waals surface area contributed by atoms with Gasteiger partial charge in [-0.25, -0.2) is 9.37 Å². The van der Waals surface area contributed by atoms with E-state index in [-0.39, 0.29) is 11.7 Å². The second-order valence-electron chi connectivity index (χ2n) is 6.02. The van der Waals surface area contributed by atoms with Crippen LogP contribution in [0.4, 0.5) is 4.39 Å². The van der Waals surface area contributed by atoms with E-state index in [1.807, 2.05) is 42.6 Å². The molecule has 1 amide bonds. The largest absolute Gasteiger partial charge is 0.481 e. The lowest BCUT2D eigenvalue weighted by Crippen LogP contribution is -2.38. The van der Waals surface area contributed by atoms with Crippen LogP contribution in [0.1, 0.15) is 19.0 Å². The molecule has 0 unspecified atom stereocenters. The van der Waals surface area contributed by atoms with Crippen LogP contribution in [0.25, 0.3) is 10.6 Å². The molecule has 1 heterocycles. The average molecular weight is 384 g/mol. The van der Waals surface area contributed by atoms with Crippen molar-refractivity contribution in [3.63, 3.8) is 0 Å². The van der Waals surface area contributed by atoms with Crippen LogP contribution in [0.3, 0.4) is 0 Å². The van der Waals surface area contributed by atoms with E-state index in [4.69, 9.17) is 4.74 Å². The molecule has 140 valence electrons. The Bertz CT molecular complexity index is 865. The van der Waals surface area contributed by atoms with E-state index in [1.54, 1.807) is 11.3 Å². The summed E-state index contributed by atoms with van der Waals surface area (Å²) in [5.41, 5.74) is 2.04. The summed E-state index contributed by atoms with van der Waals surface area (Å²) in [6.07, 6.45) is 0.575. The molecule has 3 aromatic rings. The number of nitrogens with zero attached hydrogens (tertiary/aromatic N) is 1. The predicted octanol–water partition coefficient (Wildman–Crippen LogP) is 4.47. The van der Waals surface area contributed by atoms with Crippen LogP contribution >= 0.6 is 11.3 Å². The van der Waals surface area contributed by atoms with Crippen LogP contribution in [0.15, 0.2) is 60.0 Å². The Balaban J connectivity index is 1.49. The highest BCUT2D eigenvalue weighted by Gasteiger charge is 2.18. The number of rotatable bonds is 8. The van der Waals surface area contributed by atoms with E-state index in [9.17, 15) is 9.18 Å². The van der Waals surface area contributed by atoms with Crippen LogP contribution in [0.2, 0.25) is 0 Å². The Morgan fingerprint density at radius 3 is 2.63 bits per heavy atom. The maximum atomic E-state index is 13.0. The molecule has 0 aliphatic carbocycles. The first-order chi connectivity index (χ1) is 13.2. The molecular formula is C21H21FN2O2S. The molecule has 3 rings (SSSR count). The molecule has 0 fully saturated rings. The number of nitrogens with one attached hydrogen (secondary N) is 1. The highest BCUT2D eigenvalue weighted by Crippen LogP contribution is 2.23. The average Bonchev–Trinajstić information content (AvgIpc) is 3.17. The molecule has 6 heteroatoms. The summed E-state index contributed by atoms with van der Waals surface area (Å²) in [6, 6.07) is 15.7. The highest BCUT2D eigenvalue weighted by atomic mass is 32.1. The highest BCUT2D eigenvalue weighted by molar-refractivity contribution is 7.13. The zero-order chi connectivity index (χ0) is 19.1. The molecule has 4 nitrogen and oxygen atoms in total. The Labute approximate surface area is 162 Å². The first kappa shape index (κ1) is 19.0. The summed E-state index contributed by atoms with van der Waals surface area (Å²) < 4.78 is 18.6. The van der Waals surface area contributed by atoms with E-state index in [0.717, 1.165) is 16.3 Å². The SMILES string of the molecule is CC[C@H](Oc1ccc(F)cc1)C(=O)NCCc1csc(-c2ccccc2)n1. The molecule has 2 aromatic carbocycles. The summed E-state index contributed by atoms with van der Waals surface area (Å²) in [6.45, 7) is 2.36. The summed E-state index contributed by atoms with van der Waals surface area (Å²) in [5, 5.41) is 5.88. The van der Waals surface area contributed by atoms with Crippen LogP contribution in [0, 0.1) is 5.82 Å². The summed E-state index contributed by atoms with van der Waals surface area (Å²) >= 11 is 1.60. The lowest BCUT2D eigenvalue weighted by molar-refractivity contribution is -0.128. The lowest BCUT2D eigenvalue weighted by atomic mass is 10.2. The quantitative estimate of drug-likeness (QED) is 0.624. The number of ether oxygens (including phenoxy) is 1. The smallest absolute Gasteiger partial charge is 0.261 e. The van der Waals surface area contributed by atoms with E-state index in [2.05, 4.69) is 10.3 Å². The van der Waals surface area contributed by atoms with Crippen molar-refractivity contribution >= 4 is 17.2 Å². The molecule has 1 aromatic heterocycles. The fraction of sp³-hybridized carbons (Fsp3) is 0.238. The third-order valence-electron chi connectivity index (χ3n) is 4.01. The number of halogens is 1. The van der Waals surface area contributed by atoms with E-state index >= 15 is 0 Å². The van der Waals surface area contributed by atoms with Gasteiger partial charge in [0.2, 0.25) is 0 Å². The van der Waals surface area contributed by atoms with Crippen molar-refractivity contribution in [1.82, 2.24) is 10.3 Å². The topological polar surface area (TPSA) is 51.2 Å². The van der Waals surface area contributed by atoms with Gasteiger partial charge in [-0.05, 0) is 30.7 Å². The number of carbonyl (C=O) groups excluding carboxylic acids is 1. The van der Waals surface area contributed by atoms with Gasteiger partial charge in [0.05, 0.1) is 5.69 Å². The Morgan fingerprint density at radius 2 is 1.93 bits per heavy atom. The van der Waals surface area contributed by atoms with Gasteiger partial charge < -0.3 is 10.1 Å². The third-order valence-corrected chi connectivity index (χ3v) is 4.95. The van der Waals surface area contributed by atoms with Crippen molar-refractivity contribution in [3.05, 3.63) is 71.5 Å². The van der Waals surface area contributed by atoms with Gasteiger partial charge in [-0.15, -0.1) is 11.3 Å². The minimum atomic E-state index is -0.606. The normalized spacial score (nSPS) is 11.8. The fourth-order valence-electron chi connectivity index (χ4n) is 2.56. The van der Waals surface area contributed by atoms with E-state index < -0.39 is 6.10 Å².